The lowest BCUT2D eigenvalue weighted by Crippen LogP contribution is -2.02. The Morgan fingerprint density at radius 2 is 1.59 bits per heavy atom. The second-order valence-corrected chi connectivity index (χ2v) is 6.99. The third-order valence-corrected chi connectivity index (χ3v) is 5.04. The number of hydrogen-bond acceptors (Lipinski definition) is 4. The van der Waals surface area contributed by atoms with Crippen molar-refractivity contribution in [2.75, 3.05) is 20.3 Å². The molecule has 126 valence electrons. The molecule has 0 aliphatic heterocycles. The molecule has 0 spiro atoms. The number of unbranched alkanes of at least 4 members (excludes halogenated alkanes) is 2. The molecule has 0 saturated heterocycles. The van der Waals surface area contributed by atoms with Crippen molar-refractivity contribution in [1.29, 1.82) is 0 Å². The summed E-state index contributed by atoms with van der Waals surface area (Å²) in [7, 11) is -2.01. The number of aryl methyl sites for hydroxylation is 2. The Bertz CT molecular complexity index is 462. The van der Waals surface area contributed by atoms with Crippen LogP contribution in [0.15, 0.2) is 24.3 Å². The number of benzene rings is 1. The van der Waals surface area contributed by atoms with Crippen LogP contribution in [0.1, 0.15) is 50.7 Å². The van der Waals surface area contributed by atoms with Gasteiger partial charge in [-0.05, 0) is 43.7 Å². The first-order valence-electron chi connectivity index (χ1n) is 8.16. The van der Waals surface area contributed by atoms with Crippen LogP contribution in [0, 0.1) is 0 Å². The van der Waals surface area contributed by atoms with Crippen molar-refractivity contribution in [1.82, 2.24) is 0 Å². The van der Waals surface area contributed by atoms with Gasteiger partial charge in [-0.15, -0.1) is 0 Å². The Morgan fingerprint density at radius 3 is 2.14 bits per heavy atom. The fraction of sp³-hybridized carbons (Fsp3) is 0.647. The molecule has 0 heterocycles. The number of hydrogen-bond donors (Lipinski definition) is 0. The molecule has 1 aromatic carbocycles. The van der Waals surface area contributed by atoms with E-state index in [1.54, 1.807) is 6.92 Å². The molecule has 4 nitrogen and oxygen atoms in total. The van der Waals surface area contributed by atoms with E-state index in [0.717, 1.165) is 19.3 Å². The van der Waals surface area contributed by atoms with Crippen LogP contribution in [0.25, 0.3) is 0 Å². The smallest absolute Gasteiger partial charge is 0.290 e. The molecule has 1 atom stereocenters. The van der Waals surface area contributed by atoms with E-state index in [1.165, 1.54) is 37.5 Å². The van der Waals surface area contributed by atoms with Gasteiger partial charge >= 0.3 is 7.82 Å². The summed E-state index contributed by atoms with van der Waals surface area (Å²) in [5.74, 6) is 0. The highest BCUT2D eigenvalue weighted by Gasteiger charge is 2.23. The molecule has 5 heteroatoms. The largest absolute Gasteiger partial charge is 0.474 e. The van der Waals surface area contributed by atoms with Crippen molar-refractivity contribution in [3.63, 3.8) is 0 Å². The van der Waals surface area contributed by atoms with Crippen molar-refractivity contribution < 1.29 is 18.1 Å². The molecule has 22 heavy (non-hydrogen) atoms. The van der Waals surface area contributed by atoms with Crippen molar-refractivity contribution in [2.45, 2.75) is 52.4 Å². The van der Waals surface area contributed by atoms with Gasteiger partial charge < -0.3 is 0 Å². The fourth-order valence-corrected chi connectivity index (χ4v) is 3.30. The Morgan fingerprint density at radius 1 is 0.955 bits per heavy atom. The van der Waals surface area contributed by atoms with Crippen molar-refractivity contribution in [2.24, 2.45) is 0 Å². The lowest BCUT2D eigenvalue weighted by molar-refractivity contribution is 0.135. The minimum Gasteiger partial charge on any atom is -0.290 e. The van der Waals surface area contributed by atoms with Crippen LogP contribution >= 0.6 is 7.82 Å². The van der Waals surface area contributed by atoms with Gasteiger partial charge in [0.2, 0.25) is 0 Å². The van der Waals surface area contributed by atoms with Crippen molar-refractivity contribution in [3.05, 3.63) is 35.4 Å². The zero-order chi connectivity index (χ0) is 16.3. The van der Waals surface area contributed by atoms with E-state index in [1.807, 2.05) is 0 Å². The van der Waals surface area contributed by atoms with Gasteiger partial charge in [0.1, 0.15) is 0 Å². The fourth-order valence-electron chi connectivity index (χ4n) is 2.35. The predicted molar refractivity (Wildman–Crippen MR) is 90.2 cm³/mol. The Kier molecular flexibility index (Phi) is 9.65. The number of phosphoric acid groups is 1. The van der Waals surface area contributed by atoms with E-state index in [0.29, 0.717) is 13.2 Å². The molecular formula is C17H29O4P. The van der Waals surface area contributed by atoms with Gasteiger partial charge in [0.05, 0.1) is 13.2 Å². The van der Waals surface area contributed by atoms with Crippen LogP contribution in [-0.2, 0) is 31.0 Å². The molecule has 1 rings (SSSR count). The zero-order valence-electron chi connectivity index (χ0n) is 14.0. The maximum absolute atomic E-state index is 12.0. The molecule has 0 aliphatic carbocycles. The summed E-state index contributed by atoms with van der Waals surface area (Å²) in [4.78, 5) is 0. The number of rotatable bonds is 12. The normalized spacial score (nSPS) is 14.0. The summed E-state index contributed by atoms with van der Waals surface area (Å²) in [6, 6.07) is 8.53. The average molecular weight is 328 g/mol. The van der Waals surface area contributed by atoms with Gasteiger partial charge in [0.15, 0.2) is 0 Å². The predicted octanol–water partition coefficient (Wildman–Crippen LogP) is 5.16. The molecule has 0 aromatic heterocycles. The summed E-state index contributed by atoms with van der Waals surface area (Å²) in [6.45, 7) is 4.66. The van der Waals surface area contributed by atoms with Crippen LogP contribution < -0.4 is 0 Å². The van der Waals surface area contributed by atoms with E-state index in [9.17, 15) is 4.57 Å². The molecule has 0 bridgehead atoms. The van der Waals surface area contributed by atoms with Gasteiger partial charge in [0, 0.05) is 7.11 Å². The van der Waals surface area contributed by atoms with Gasteiger partial charge in [-0.25, -0.2) is 4.57 Å². The van der Waals surface area contributed by atoms with Gasteiger partial charge in [-0.3, -0.25) is 13.6 Å². The van der Waals surface area contributed by atoms with Crippen LogP contribution in [-0.4, -0.2) is 20.3 Å². The monoisotopic (exact) mass is 328 g/mol. The maximum Gasteiger partial charge on any atom is 0.474 e. The molecule has 0 fully saturated rings. The summed E-state index contributed by atoms with van der Waals surface area (Å²) in [5, 5.41) is 0. The first kappa shape index (κ1) is 19.4. The summed E-state index contributed by atoms with van der Waals surface area (Å²) in [6.07, 6.45) is 6.57. The van der Waals surface area contributed by atoms with Crippen molar-refractivity contribution >= 4 is 7.82 Å². The molecule has 1 aromatic rings. The number of phosphoric ester groups is 1. The highest BCUT2D eigenvalue weighted by atomic mass is 31.2. The lowest BCUT2D eigenvalue weighted by Gasteiger charge is -2.15. The molecule has 0 amide bonds. The highest BCUT2D eigenvalue weighted by Crippen LogP contribution is 2.48. The van der Waals surface area contributed by atoms with Gasteiger partial charge in [-0.2, -0.15) is 0 Å². The molecule has 0 saturated carbocycles. The quantitative estimate of drug-likeness (QED) is 0.393. The summed E-state index contributed by atoms with van der Waals surface area (Å²) in [5.41, 5.74) is 2.77. The third-order valence-electron chi connectivity index (χ3n) is 3.52. The molecule has 0 aliphatic rings. The zero-order valence-corrected chi connectivity index (χ0v) is 14.9. The second-order valence-electron chi connectivity index (χ2n) is 5.21. The summed E-state index contributed by atoms with van der Waals surface area (Å²) < 4.78 is 27.1. The first-order chi connectivity index (χ1) is 10.6. The van der Waals surface area contributed by atoms with Crippen LogP contribution in [0.4, 0.5) is 0 Å². The van der Waals surface area contributed by atoms with Crippen LogP contribution in [0.5, 0.6) is 0 Å². The van der Waals surface area contributed by atoms with E-state index >= 15 is 0 Å². The van der Waals surface area contributed by atoms with Crippen LogP contribution in [0.3, 0.4) is 0 Å². The first-order valence-corrected chi connectivity index (χ1v) is 9.63. The Labute approximate surface area is 134 Å². The molecular weight excluding hydrogens is 299 g/mol. The average Bonchev–Trinajstić information content (AvgIpc) is 2.53. The minimum absolute atomic E-state index is 0.311. The Balaban J connectivity index is 2.43. The van der Waals surface area contributed by atoms with Gasteiger partial charge in [0.25, 0.3) is 0 Å². The van der Waals surface area contributed by atoms with E-state index in [4.69, 9.17) is 13.6 Å². The van der Waals surface area contributed by atoms with E-state index in [-0.39, 0.29) is 0 Å². The van der Waals surface area contributed by atoms with Gasteiger partial charge in [-0.1, -0.05) is 44.0 Å². The third kappa shape index (κ3) is 7.06. The molecule has 0 radical (unpaired) electrons. The van der Waals surface area contributed by atoms with E-state index in [2.05, 4.69) is 31.2 Å². The SMILES string of the molecule is CCCCCc1ccccc1CCCOP(=O)(OC)OCC. The summed E-state index contributed by atoms with van der Waals surface area (Å²) >= 11 is 0. The Hall–Kier alpha value is -0.670. The topological polar surface area (TPSA) is 44.8 Å². The second kappa shape index (κ2) is 11.0. The highest BCUT2D eigenvalue weighted by molar-refractivity contribution is 7.48. The molecule has 0 N–H and O–H groups in total. The van der Waals surface area contributed by atoms with Crippen LogP contribution in [0.2, 0.25) is 0 Å². The lowest BCUT2D eigenvalue weighted by atomic mass is 9.98. The van der Waals surface area contributed by atoms with Crippen molar-refractivity contribution in [3.8, 4) is 0 Å². The molecule has 1 unspecified atom stereocenters. The van der Waals surface area contributed by atoms with E-state index < -0.39 is 7.82 Å². The standard InChI is InChI=1S/C17H29O4P/c1-4-6-7-11-16-12-8-9-13-17(16)14-10-15-21-22(18,19-3)20-5-2/h8-9,12-13H,4-7,10-11,14-15H2,1-3H3. The minimum atomic E-state index is -3.36. The maximum atomic E-state index is 12.0.